The van der Waals surface area contributed by atoms with Gasteiger partial charge in [0.1, 0.15) is 15.1 Å². The lowest BCUT2D eigenvalue weighted by Gasteiger charge is -2.26. The SMILES string of the molecule is [B]c1cc([B]C)c2c(c1)-c1cc3c(cc1C2(C)C)C(=O)c1ccccc1C3=O. The predicted molar refractivity (Wildman–Crippen MR) is 114 cm³/mol. The summed E-state index contributed by atoms with van der Waals surface area (Å²) in [4.78, 5) is 26.3. The van der Waals surface area contributed by atoms with Crippen molar-refractivity contribution in [3.63, 3.8) is 0 Å². The number of carbonyl (C=O) groups excluding carboxylic acids is 2. The van der Waals surface area contributed by atoms with Crippen LogP contribution in [0.2, 0.25) is 6.82 Å². The predicted octanol–water partition coefficient (Wildman–Crippen LogP) is 2.94. The van der Waals surface area contributed by atoms with Crippen LogP contribution in [0.4, 0.5) is 0 Å². The van der Waals surface area contributed by atoms with Gasteiger partial charge >= 0.3 is 0 Å². The Bertz CT molecular complexity index is 1220. The van der Waals surface area contributed by atoms with Crippen molar-refractivity contribution < 1.29 is 9.59 Å². The molecule has 5 rings (SSSR count). The first kappa shape index (κ1) is 17.2. The van der Waals surface area contributed by atoms with E-state index in [2.05, 4.69) is 21.1 Å². The summed E-state index contributed by atoms with van der Waals surface area (Å²) in [5.41, 5.74) is 7.76. The lowest BCUT2D eigenvalue weighted by atomic mass is 9.64. The maximum absolute atomic E-state index is 13.1. The number of hydrogen-bond acceptors (Lipinski definition) is 2. The highest BCUT2D eigenvalue weighted by molar-refractivity contribution is 6.54. The monoisotopic (exact) mass is 359 g/mol. The van der Waals surface area contributed by atoms with Crippen molar-refractivity contribution in [1.29, 1.82) is 0 Å². The molecular formula is C24H17B2O2. The second-order valence-electron chi connectivity index (χ2n) is 8.09. The molecule has 28 heavy (non-hydrogen) atoms. The zero-order chi connectivity index (χ0) is 19.8. The van der Waals surface area contributed by atoms with Gasteiger partial charge in [0.2, 0.25) is 0 Å². The number of carbonyl (C=O) groups is 2. The van der Waals surface area contributed by atoms with Crippen LogP contribution in [0.25, 0.3) is 11.1 Å². The van der Waals surface area contributed by atoms with E-state index in [1.54, 1.807) is 24.3 Å². The highest BCUT2D eigenvalue weighted by Gasteiger charge is 2.40. The number of benzene rings is 3. The Morgan fingerprint density at radius 1 is 0.786 bits per heavy atom. The van der Waals surface area contributed by atoms with Gasteiger partial charge in [0.25, 0.3) is 0 Å². The second-order valence-corrected chi connectivity index (χ2v) is 8.09. The normalized spacial score (nSPS) is 15.5. The van der Waals surface area contributed by atoms with Crippen LogP contribution < -0.4 is 10.9 Å². The summed E-state index contributed by atoms with van der Waals surface area (Å²) in [6.07, 6.45) is 0. The Hall–Kier alpha value is -2.87. The van der Waals surface area contributed by atoms with Gasteiger partial charge in [-0.2, -0.15) is 0 Å². The molecule has 4 heteroatoms. The molecule has 2 nitrogen and oxygen atoms in total. The van der Waals surface area contributed by atoms with Crippen LogP contribution >= 0.6 is 0 Å². The molecule has 0 amide bonds. The quantitative estimate of drug-likeness (QED) is 0.490. The molecule has 3 radical (unpaired) electrons. The van der Waals surface area contributed by atoms with E-state index in [9.17, 15) is 9.59 Å². The fourth-order valence-electron chi connectivity index (χ4n) is 4.84. The first-order chi connectivity index (χ1) is 13.3. The molecule has 2 aliphatic rings. The molecule has 131 valence electrons. The standard InChI is InChI=1S/C24H17B2O2/c1-24(2)19-11-18-17(22(27)13-6-4-5-7-14(13)23(18)28)10-15(19)16-8-12(25)9-20(26-3)21(16)24/h4-11H,1-3H3. The molecule has 3 aromatic carbocycles. The van der Waals surface area contributed by atoms with E-state index in [0.717, 1.165) is 22.2 Å². The van der Waals surface area contributed by atoms with Gasteiger partial charge in [-0.1, -0.05) is 68.0 Å². The molecule has 0 fully saturated rings. The molecule has 0 unspecified atom stereocenters. The molecule has 0 saturated heterocycles. The summed E-state index contributed by atoms with van der Waals surface area (Å²) in [6, 6.07) is 14.8. The molecule has 0 atom stereocenters. The van der Waals surface area contributed by atoms with Gasteiger partial charge in [-0.05, 0) is 34.4 Å². The topological polar surface area (TPSA) is 34.1 Å². The molecule has 0 saturated carbocycles. The van der Waals surface area contributed by atoms with Crippen molar-refractivity contribution in [2.75, 3.05) is 0 Å². The third kappa shape index (κ3) is 2.06. The smallest absolute Gasteiger partial charge is 0.194 e. The number of fused-ring (bicyclic) bond motifs is 5. The summed E-state index contributed by atoms with van der Waals surface area (Å²) in [5.74, 6) is -0.174. The van der Waals surface area contributed by atoms with E-state index >= 15 is 0 Å². The highest BCUT2D eigenvalue weighted by atomic mass is 16.1. The van der Waals surface area contributed by atoms with Gasteiger partial charge in [-0.15, -0.1) is 0 Å². The lowest BCUT2D eigenvalue weighted by Crippen LogP contribution is -2.30. The van der Waals surface area contributed by atoms with Gasteiger partial charge in [-0.25, -0.2) is 0 Å². The number of rotatable bonds is 1. The van der Waals surface area contributed by atoms with Crippen molar-refractivity contribution >= 4 is 37.6 Å². The minimum Gasteiger partial charge on any atom is -0.289 e. The minimum atomic E-state index is -0.282. The van der Waals surface area contributed by atoms with Gasteiger partial charge < -0.3 is 0 Å². The molecule has 0 aliphatic heterocycles. The van der Waals surface area contributed by atoms with Crippen LogP contribution in [0.5, 0.6) is 0 Å². The van der Waals surface area contributed by atoms with E-state index in [1.165, 1.54) is 5.56 Å². The van der Waals surface area contributed by atoms with Crippen LogP contribution in [0.3, 0.4) is 0 Å². The Morgan fingerprint density at radius 3 is 2.00 bits per heavy atom. The molecule has 0 bridgehead atoms. The maximum Gasteiger partial charge on any atom is 0.194 e. The fourth-order valence-corrected chi connectivity index (χ4v) is 4.84. The van der Waals surface area contributed by atoms with E-state index in [4.69, 9.17) is 7.85 Å². The maximum atomic E-state index is 13.1. The summed E-state index contributed by atoms with van der Waals surface area (Å²) in [5, 5.41) is 0. The summed E-state index contributed by atoms with van der Waals surface area (Å²) < 4.78 is 0. The summed E-state index contributed by atoms with van der Waals surface area (Å²) in [6.45, 7) is 6.33. The molecule has 0 heterocycles. The van der Waals surface area contributed by atoms with Crippen LogP contribution in [0.1, 0.15) is 56.8 Å². The zero-order valence-electron chi connectivity index (χ0n) is 16.1. The Labute approximate surface area is 166 Å². The Balaban J connectivity index is 1.83. The van der Waals surface area contributed by atoms with Crippen LogP contribution in [-0.2, 0) is 5.41 Å². The largest absolute Gasteiger partial charge is 0.289 e. The molecule has 0 aromatic heterocycles. The Kier molecular flexibility index (Phi) is 3.43. The second kappa shape index (κ2) is 5.57. The van der Waals surface area contributed by atoms with Crippen molar-refractivity contribution in [2.45, 2.75) is 26.1 Å². The van der Waals surface area contributed by atoms with Gasteiger partial charge in [-0.3, -0.25) is 9.59 Å². The third-order valence-corrected chi connectivity index (χ3v) is 6.15. The molecule has 3 aromatic rings. The zero-order valence-corrected chi connectivity index (χ0v) is 16.1. The van der Waals surface area contributed by atoms with Gasteiger partial charge in [0.15, 0.2) is 11.6 Å². The fraction of sp³-hybridized carbons (Fsp3) is 0.167. The van der Waals surface area contributed by atoms with E-state index in [0.29, 0.717) is 27.7 Å². The number of ketones is 2. The molecular weight excluding hydrogens is 342 g/mol. The molecule has 2 aliphatic carbocycles. The average Bonchev–Trinajstić information content (AvgIpc) is 2.91. The minimum absolute atomic E-state index is 0.0819. The van der Waals surface area contributed by atoms with E-state index in [1.807, 2.05) is 31.1 Å². The van der Waals surface area contributed by atoms with Gasteiger partial charge in [0, 0.05) is 27.7 Å². The Morgan fingerprint density at radius 2 is 1.39 bits per heavy atom. The lowest BCUT2D eigenvalue weighted by molar-refractivity contribution is 0.0979. The van der Waals surface area contributed by atoms with Crippen molar-refractivity contribution in [1.82, 2.24) is 0 Å². The molecule has 0 N–H and O–H groups in total. The highest BCUT2D eigenvalue weighted by Crippen LogP contribution is 2.49. The first-order valence-corrected chi connectivity index (χ1v) is 9.45. The van der Waals surface area contributed by atoms with Crippen molar-refractivity contribution in [3.8, 4) is 11.1 Å². The first-order valence-electron chi connectivity index (χ1n) is 9.45. The van der Waals surface area contributed by atoms with Crippen LogP contribution in [-0.4, -0.2) is 26.7 Å². The summed E-state index contributed by atoms with van der Waals surface area (Å²) >= 11 is 0. The average molecular weight is 359 g/mol. The van der Waals surface area contributed by atoms with Crippen molar-refractivity contribution in [2.24, 2.45) is 0 Å². The molecule has 0 spiro atoms. The third-order valence-electron chi connectivity index (χ3n) is 6.15. The van der Waals surface area contributed by atoms with E-state index in [-0.39, 0.29) is 17.0 Å². The van der Waals surface area contributed by atoms with Gasteiger partial charge in [0.05, 0.1) is 0 Å². The van der Waals surface area contributed by atoms with Crippen molar-refractivity contribution in [3.05, 3.63) is 81.9 Å². The van der Waals surface area contributed by atoms with Crippen LogP contribution in [0, 0.1) is 0 Å². The van der Waals surface area contributed by atoms with E-state index < -0.39 is 0 Å². The summed E-state index contributed by atoms with van der Waals surface area (Å²) in [7, 11) is 8.23. The number of hydrogen-bond donors (Lipinski definition) is 0. The van der Waals surface area contributed by atoms with Crippen LogP contribution in [0.15, 0.2) is 48.5 Å².